The molecule has 1 heterocycles. The van der Waals surface area contributed by atoms with Crippen LogP contribution in [0.5, 0.6) is 5.75 Å². The summed E-state index contributed by atoms with van der Waals surface area (Å²) in [6.45, 7) is 4.25. The Labute approximate surface area is 180 Å². The molecule has 154 valence electrons. The minimum atomic E-state index is -0.549. The van der Waals surface area contributed by atoms with Crippen LogP contribution in [0, 0.1) is 0 Å². The Morgan fingerprint density at radius 1 is 0.871 bits per heavy atom. The van der Waals surface area contributed by atoms with Crippen LogP contribution in [0.25, 0.3) is 6.08 Å². The number of fused-ring (bicyclic) bond motifs is 1. The molecule has 0 spiro atoms. The van der Waals surface area contributed by atoms with E-state index in [1.54, 1.807) is 48.5 Å². The van der Waals surface area contributed by atoms with Gasteiger partial charge >= 0.3 is 5.97 Å². The van der Waals surface area contributed by atoms with Gasteiger partial charge < -0.3 is 4.74 Å². The van der Waals surface area contributed by atoms with Gasteiger partial charge in [-0.2, -0.15) is 0 Å². The molecule has 0 fully saturated rings. The predicted octanol–water partition coefficient (Wildman–Crippen LogP) is 5.23. The summed E-state index contributed by atoms with van der Waals surface area (Å²) in [5, 5.41) is 0. The maximum absolute atomic E-state index is 12.7. The first-order valence-corrected chi connectivity index (χ1v) is 10.0. The molecule has 5 nitrogen and oxygen atoms in total. The molecule has 1 aliphatic heterocycles. The fourth-order valence-corrected chi connectivity index (χ4v) is 3.42. The largest absolute Gasteiger partial charge is 0.423 e. The first-order chi connectivity index (χ1) is 14.9. The molecule has 0 radical (unpaired) electrons. The quantitative estimate of drug-likeness (QED) is 0.250. The first kappa shape index (κ1) is 20.3. The van der Waals surface area contributed by atoms with E-state index in [0.29, 0.717) is 22.7 Å². The van der Waals surface area contributed by atoms with Gasteiger partial charge in [0.05, 0.1) is 16.8 Å². The second-order valence-electron chi connectivity index (χ2n) is 7.56. The molecule has 2 amide bonds. The van der Waals surface area contributed by atoms with Crippen LogP contribution in [-0.4, -0.2) is 17.8 Å². The lowest BCUT2D eigenvalue weighted by atomic mass is 10.0. The monoisotopic (exact) mass is 411 g/mol. The van der Waals surface area contributed by atoms with E-state index in [1.165, 1.54) is 17.7 Å². The number of carbonyl (C=O) groups excluding carboxylic acids is 3. The Balaban J connectivity index is 1.47. The van der Waals surface area contributed by atoms with Gasteiger partial charge in [0.2, 0.25) is 0 Å². The molecule has 1 aliphatic rings. The van der Waals surface area contributed by atoms with Gasteiger partial charge in [-0.15, -0.1) is 0 Å². The number of carbonyl (C=O) groups is 3. The molecule has 0 atom stereocenters. The number of benzene rings is 3. The van der Waals surface area contributed by atoms with Crippen molar-refractivity contribution in [2.24, 2.45) is 0 Å². The summed E-state index contributed by atoms with van der Waals surface area (Å²) in [5.74, 6) is -0.647. The minimum Gasteiger partial charge on any atom is -0.423 e. The number of imide groups is 1. The lowest BCUT2D eigenvalue weighted by molar-refractivity contribution is -0.128. The van der Waals surface area contributed by atoms with Gasteiger partial charge in [0.25, 0.3) is 11.8 Å². The van der Waals surface area contributed by atoms with Gasteiger partial charge in [-0.3, -0.25) is 9.59 Å². The van der Waals surface area contributed by atoms with E-state index in [4.69, 9.17) is 4.74 Å². The average Bonchev–Trinajstić information content (AvgIpc) is 3.03. The fraction of sp³-hybridized carbons (Fsp3) is 0.115. The van der Waals surface area contributed by atoms with E-state index in [-0.39, 0.29) is 5.75 Å². The van der Waals surface area contributed by atoms with Gasteiger partial charge in [0.1, 0.15) is 5.75 Å². The van der Waals surface area contributed by atoms with Crippen molar-refractivity contribution in [3.05, 3.63) is 101 Å². The van der Waals surface area contributed by atoms with Gasteiger partial charge in [-0.05, 0) is 47.4 Å². The second-order valence-corrected chi connectivity index (χ2v) is 7.56. The average molecular weight is 411 g/mol. The highest BCUT2D eigenvalue weighted by molar-refractivity contribution is 6.34. The molecule has 3 aromatic rings. The van der Waals surface area contributed by atoms with Crippen LogP contribution in [0.15, 0.2) is 78.9 Å². The minimum absolute atomic E-state index is 0.249. The molecule has 3 aromatic carbocycles. The van der Waals surface area contributed by atoms with E-state index >= 15 is 0 Å². The van der Waals surface area contributed by atoms with Crippen LogP contribution in [0.3, 0.4) is 0 Å². The summed E-state index contributed by atoms with van der Waals surface area (Å²) < 4.78 is 5.37. The zero-order valence-corrected chi connectivity index (χ0v) is 17.2. The molecule has 5 heteroatoms. The molecular formula is C26H21NO4. The lowest BCUT2D eigenvalue weighted by Gasteiger charge is -2.14. The van der Waals surface area contributed by atoms with E-state index in [2.05, 4.69) is 13.8 Å². The zero-order valence-electron chi connectivity index (χ0n) is 17.2. The highest BCUT2D eigenvalue weighted by Gasteiger charge is 2.36. The van der Waals surface area contributed by atoms with E-state index < -0.39 is 17.8 Å². The maximum Gasteiger partial charge on any atom is 0.336 e. The Hall–Kier alpha value is -3.99. The molecule has 4 rings (SSSR count). The molecule has 0 bridgehead atoms. The summed E-state index contributed by atoms with van der Waals surface area (Å²) in [6.07, 6.45) is 3.03. The fourth-order valence-electron chi connectivity index (χ4n) is 3.42. The third kappa shape index (κ3) is 4.16. The third-order valence-electron chi connectivity index (χ3n) is 5.10. The summed E-state index contributed by atoms with van der Waals surface area (Å²) in [6, 6.07) is 21.0. The van der Waals surface area contributed by atoms with Crippen molar-refractivity contribution in [2.45, 2.75) is 19.8 Å². The van der Waals surface area contributed by atoms with Crippen LogP contribution in [-0.2, 0) is 4.79 Å². The summed E-state index contributed by atoms with van der Waals surface area (Å²) in [5.41, 5.74) is 3.19. The van der Waals surface area contributed by atoms with Crippen LogP contribution in [0.4, 0.5) is 5.69 Å². The third-order valence-corrected chi connectivity index (χ3v) is 5.10. The molecule has 0 N–H and O–H groups in total. The smallest absolute Gasteiger partial charge is 0.336 e. The number of hydrogen-bond donors (Lipinski definition) is 0. The highest BCUT2D eigenvalue weighted by atomic mass is 16.5. The normalized spacial score (nSPS) is 13.2. The van der Waals surface area contributed by atoms with Gasteiger partial charge in [0.15, 0.2) is 0 Å². The Kier molecular flexibility index (Phi) is 5.50. The van der Waals surface area contributed by atoms with Gasteiger partial charge in [0, 0.05) is 12.1 Å². The number of nitrogens with zero attached hydrogens (tertiary/aromatic N) is 1. The maximum atomic E-state index is 12.7. The molecule has 0 aliphatic carbocycles. The van der Waals surface area contributed by atoms with Crippen LogP contribution < -0.4 is 9.64 Å². The van der Waals surface area contributed by atoms with Crippen LogP contribution >= 0.6 is 0 Å². The zero-order chi connectivity index (χ0) is 22.0. The van der Waals surface area contributed by atoms with Crippen LogP contribution in [0.2, 0.25) is 0 Å². The number of amides is 2. The van der Waals surface area contributed by atoms with Crippen molar-refractivity contribution < 1.29 is 19.1 Å². The van der Waals surface area contributed by atoms with Gasteiger partial charge in [-0.1, -0.05) is 56.3 Å². The highest BCUT2D eigenvalue weighted by Crippen LogP contribution is 2.30. The Morgan fingerprint density at radius 2 is 1.52 bits per heavy atom. The molecular weight excluding hydrogens is 390 g/mol. The van der Waals surface area contributed by atoms with Gasteiger partial charge in [-0.25, -0.2) is 9.69 Å². The van der Waals surface area contributed by atoms with Crippen molar-refractivity contribution in [3.8, 4) is 5.75 Å². The molecule has 0 aromatic heterocycles. The predicted molar refractivity (Wildman–Crippen MR) is 119 cm³/mol. The molecule has 31 heavy (non-hydrogen) atoms. The van der Waals surface area contributed by atoms with E-state index in [9.17, 15) is 14.4 Å². The van der Waals surface area contributed by atoms with E-state index in [1.807, 2.05) is 24.3 Å². The Morgan fingerprint density at radius 3 is 2.13 bits per heavy atom. The Bertz CT molecular complexity index is 1160. The topological polar surface area (TPSA) is 63.7 Å². The number of hydrogen-bond acceptors (Lipinski definition) is 4. The number of rotatable bonds is 5. The first-order valence-electron chi connectivity index (χ1n) is 10.0. The number of esters is 1. The number of anilines is 1. The van der Waals surface area contributed by atoms with Crippen molar-refractivity contribution in [1.29, 1.82) is 0 Å². The molecule has 0 unspecified atom stereocenters. The van der Waals surface area contributed by atoms with Crippen molar-refractivity contribution in [3.63, 3.8) is 0 Å². The second kappa shape index (κ2) is 8.40. The van der Waals surface area contributed by atoms with Crippen molar-refractivity contribution >= 4 is 29.5 Å². The SMILES string of the molecule is CC(C)c1ccc(/C=C/C(=O)Oc2cccc(N3C(=O)c4ccccc4C3=O)c2)cc1. The lowest BCUT2D eigenvalue weighted by Crippen LogP contribution is -2.29. The molecule has 0 saturated heterocycles. The standard InChI is InChI=1S/C26H21NO4/c1-17(2)19-13-10-18(11-14-19)12-15-24(28)31-21-7-5-6-20(16-21)27-25(29)22-8-3-4-9-23(22)26(27)30/h3-17H,1-2H3/b15-12+. The summed E-state index contributed by atoms with van der Waals surface area (Å²) >= 11 is 0. The summed E-state index contributed by atoms with van der Waals surface area (Å²) in [4.78, 5) is 38.6. The number of ether oxygens (including phenoxy) is 1. The van der Waals surface area contributed by atoms with Crippen molar-refractivity contribution in [2.75, 3.05) is 4.90 Å². The summed E-state index contributed by atoms with van der Waals surface area (Å²) in [7, 11) is 0. The van der Waals surface area contributed by atoms with E-state index in [0.717, 1.165) is 10.5 Å². The van der Waals surface area contributed by atoms with Crippen LogP contribution in [0.1, 0.15) is 51.6 Å². The van der Waals surface area contributed by atoms with Crippen molar-refractivity contribution in [1.82, 2.24) is 0 Å². The molecule has 0 saturated carbocycles.